The molecule has 2 amide bonds. The number of fused-ring (bicyclic) bond motifs is 1. The van der Waals surface area contributed by atoms with Crippen molar-refractivity contribution in [2.45, 2.75) is 46.6 Å². The molecule has 0 aliphatic carbocycles. The van der Waals surface area contributed by atoms with Crippen LogP contribution in [-0.2, 0) is 9.59 Å². The molecule has 7 nitrogen and oxygen atoms in total. The van der Waals surface area contributed by atoms with Crippen LogP contribution in [0.2, 0.25) is 0 Å². The lowest BCUT2D eigenvalue weighted by molar-refractivity contribution is -0.119. The van der Waals surface area contributed by atoms with Gasteiger partial charge >= 0.3 is 0 Å². The van der Waals surface area contributed by atoms with Crippen molar-refractivity contribution in [1.82, 2.24) is 9.55 Å². The summed E-state index contributed by atoms with van der Waals surface area (Å²) in [6, 6.07) is 19.4. The van der Waals surface area contributed by atoms with Crippen molar-refractivity contribution in [1.29, 1.82) is 0 Å². The van der Waals surface area contributed by atoms with E-state index in [1.165, 1.54) is 4.57 Å². The van der Waals surface area contributed by atoms with Crippen molar-refractivity contribution >= 4 is 34.2 Å². The van der Waals surface area contributed by atoms with E-state index in [1.54, 1.807) is 37.3 Å². The molecule has 0 spiro atoms. The Kier molecular flexibility index (Phi) is 7.29. The predicted octanol–water partition coefficient (Wildman–Crippen LogP) is 5.62. The largest absolute Gasteiger partial charge is 0.325 e. The lowest BCUT2D eigenvalue weighted by Gasteiger charge is -2.22. The van der Waals surface area contributed by atoms with Crippen LogP contribution < -0.4 is 16.2 Å². The van der Waals surface area contributed by atoms with E-state index >= 15 is 0 Å². The van der Waals surface area contributed by atoms with Gasteiger partial charge in [-0.1, -0.05) is 61.9 Å². The Morgan fingerprint density at radius 3 is 2.36 bits per heavy atom. The smallest absolute Gasteiger partial charge is 0.278 e. The van der Waals surface area contributed by atoms with Gasteiger partial charge in [0, 0.05) is 17.7 Å². The van der Waals surface area contributed by atoms with Crippen LogP contribution in [0.15, 0.2) is 71.5 Å². The fraction of sp³-hybridized carbons (Fsp3) is 0.241. The molecular formula is C29H30N4O3. The van der Waals surface area contributed by atoms with Gasteiger partial charge in [0.2, 0.25) is 11.8 Å². The van der Waals surface area contributed by atoms with Crippen LogP contribution in [0.1, 0.15) is 43.9 Å². The van der Waals surface area contributed by atoms with Crippen LogP contribution in [-0.4, -0.2) is 21.4 Å². The number of anilines is 2. The molecule has 0 fully saturated rings. The molecule has 36 heavy (non-hydrogen) atoms. The van der Waals surface area contributed by atoms with Crippen molar-refractivity contribution in [2.24, 2.45) is 0 Å². The van der Waals surface area contributed by atoms with Gasteiger partial charge in [-0.3, -0.25) is 19.0 Å². The highest BCUT2D eigenvalue weighted by atomic mass is 16.2. The Morgan fingerprint density at radius 1 is 0.917 bits per heavy atom. The summed E-state index contributed by atoms with van der Waals surface area (Å²) in [5, 5.41) is 5.86. The highest BCUT2D eigenvalue weighted by Crippen LogP contribution is 2.28. The third-order valence-electron chi connectivity index (χ3n) is 6.21. The van der Waals surface area contributed by atoms with E-state index in [-0.39, 0.29) is 17.5 Å². The van der Waals surface area contributed by atoms with Crippen molar-refractivity contribution in [3.05, 3.63) is 88.2 Å². The summed E-state index contributed by atoms with van der Waals surface area (Å²) in [4.78, 5) is 44.3. The first-order valence-electron chi connectivity index (χ1n) is 12.1. The van der Waals surface area contributed by atoms with E-state index < -0.39 is 11.6 Å². The Morgan fingerprint density at radius 2 is 1.64 bits per heavy atom. The van der Waals surface area contributed by atoms with E-state index in [0.717, 1.165) is 11.1 Å². The van der Waals surface area contributed by atoms with Gasteiger partial charge in [0.15, 0.2) is 0 Å². The molecule has 1 atom stereocenters. The maximum atomic E-state index is 14.0. The van der Waals surface area contributed by atoms with E-state index in [4.69, 9.17) is 0 Å². The Labute approximate surface area is 210 Å². The molecule has 0 radical (unpaired) electrons. The minimum absolute atomic E-state index is 0.164. The van der Waals surface area contributed by atoms with E-state index in [9.17, 15) is 14.4 Å². The second-order valence-electron chi connectivity index (χ2n) is 8.80. The molecule has 1 heterocycles. The summed E-state index contributed by atoms with van der Waals surface area (Å²) in [7, 11) is 0. The third kappa shape index (κ3) is 4.91. The monoisotopic (exact) mass is 482 g/mol. The zero-order chi connectivity index (χ0) is 25.8. The Balaban J connectivity index is 1.87. The standard InChI is InChI=1S/C29H30N4O3/c1-5-24(28(35)32-21-16-15-18(3)17-19(21)4)33-25-14-10-9-13-23(25)31-27(29(33)36)20-11-7-8-12-22(20)30-26(34)6-2/h7-17,24H,5-6H2,1-4H3,(H,30,34)(H,32,35)/t24-/m0/s1. The van der Waals surface area contributed by atoms with E-state index in [0.29, 0.717) is 40.8 Å². The van der Waals surface area contributed by atoms with E-state index in [2.05, 4.69) is 15.6 Å². The summed E-state index contributed by atoms with van der Waals surface area (Å²) in [5.41, 5.74) is 4.72. The molecule has 184 valence electrons. The minimum atomic E-state index is -0.762. The van der Waals surface area contributed by atoms with Gasteiger partial charge in [-0.25, -0.2) is 4.98 Å². The summed E-state index contributed by atoms with van der Waals surface area (Å²) < 4.78 is 1.52. The summed E-state index contributed by atoms with van der Waals surface area (Å²) in [5.74, 6) is -0.440. The molecule has 0 aliphatic rings. The molecule has 0 saturated carbocycles. The van der Waals surface area contributed by atoms with Gasteiger partial charge < -0.3 is 10.6 Å². The fourth-order valence-electron chi connectivity index (χ4n) is 4.33. The minimum Gasteiger partial charge on any atom is -0.325 e. The first-order chi connectivity index (χ1) is 17.3. The predicted molar refractivity (Wildman–Crippen MR) is 144 cm³/mol. The number of para-hydroxylation sites is 3. The summed E-state index contributed by atoms with van der Waals surface area (Å²) in [6.45, 7) is 7.58. The summed E-state index contributed by atoms with van der Waals surface area (Å²) in [6.07, 6.45) is 0.707. The SMILES string of the molecule is CCC(=O)Nc1ccccc1-c1nc2ccccc2n([C@@H](CC)C(=O)Nc2ccc(C)cc2C)c1=O. The number of benzene rings is 3. The normalized spacial score (nSPS) is 11.8. The summed E-state index contributed by atoms with van der Waals surface area (Å²) >= 11 is 0. The number of nitrogens with zero attached hydrogens (tertiary/aromatic N) is 2. The van der Waals surface area contributed by atoms with Crippen LogP contribution in [0.4, 0.5) is 11.4 Å². The van der Waals surface area contributed by atoms with Crippen LogP contribution in [0, 0.1) is 13.8 Å². The Bertz CT molecular complexity index is 1510. The number of amides is 2. The van der Waals surface area contributed by atoms with Crippen molar-refractivity contribution < 1.29 is 9.59 Å². The second kappa shape index (κ2) is 10.6. The number of rotatable bonds is 7. The van der Waals surface area contributed by atoms with Gasteiger partial charge in [-0.15, -0.1) is 0 Å². The number of aromatic nitrogens is 2. The Hall–Kier alpha value is -4.26. The molecule has 0 saturated heterocycles. The first-order valence-corrected chi connectivity index (χ1v) is 12.1. The highest BCUT2D eigenvalue weighted by molar-refractivity contribution is 5.97. The van der Waals surface area contributed by atoms with Crippen LogP contribution in [0.5, 0.6) is 0 Å². The van der Waals surface area contributed by atoms with Crippen molar-refractivity contribution in [2.75, 3.05) is 10.6 Å². The van der Waals surface area contributed by atoms with Gasteiger partial charge in [0.25, 0.3) is 5.56 Å². The molecule has 0 aliphatic heterocycles. The van der Waals surface area contributed by atoms with Crippen LogP contribution >= 0.6 is 0 Å². The molecule has 4 aromatic rings. The van der Waals surface area contributed by atoms with Gasteiger partial charge in [0.1, 0.15) is 11.7 Å². The number of carbonyl (C=O) groups excluding carboxylic acids is 2. The molecule has 3 aromatic carbocycles. The maximum Gasteiger partial charge on any atom is 0.278 e. The average Bonchev–Trinajstić information content (AvgIpc) is 2.87. The highest BCUT2D eigenvalue weighted by Gasteiger charge is 2.25. The third-order valence-corrected chi connectivity index (χ3v) is 6.21. The maximum absolute atomic E-state index is 14.0. The quantitative estimate of drug-likeness (QED) is 0.358. The number of carbonyl (C=O) groups is 2. The molecule has 7 heteroatoms. The van der Waals surface area contributed by atoms with E-state index in [1.807, 2.05) is 57.2 Å². The molecule has 4 rings (SSSR count). The topological polar surface area (TPSA) is 93.1 Å². The lowest BCUT2D eigenvalue weighted by atomic mass is 10.1. The van der Waals surface area contributed by atoms with Gasteiger partial charge in [-0.05, 0) is 50.1 Å². The first kappa shape index (κ1) is 24.9. The second-order valence-corrected chi connectivity index (χ2v) is 8.80. The number of hydrogen-bond acceptors (Lipinski definition) is 4. The van der Waals surface area contributed by atoms with Gasteiger partial charge in [-0.2, -0.15) is 0 Å². The average molecular weight is 483 g/mol. The molecule has 0 bridgehead atoms. The zero-order valence-electron chi connectivity index (χ0n) is 21.0. The molecular weight excluding hydrogens is 452 g/mol. The number of nitrogens with one attached hydrogen (secondary N) is 2. The van der Waals surface area contributed by atoms with Crippen LogP contribution in [0.25, 0.3) is 22.3 Å². The molecule has 2 N–H and O–H groups in total. The number of aryl methyl sites for hydroxylation is 2. The van der Waals surface area contributed by atoms with Crippen molar-refractivity contribution in [3.63, 3.8) is 0 Å². The zero-order valence-corrected chi connectivity index (χ0v) is 21.0. The molecule has 0 unspecified atom stereocenters. The van der Waals surface area contributed by atoms with Crippen molar-refractivity contribution in [3.8, 4) is 11.3 Å². The number of hydrogen-bond donors (Lipinski definition) is 2. The van der Waals surface area contributed by atoms with Gasteiger partial charge in [0.05, 0.1) is 16.7 Å². The fourth-order valence-corrected chi connectivity index (χ4v) is 4.33. The van der Waals surface area contributed by atoms with Crippen LogP contribution in [0.3, 0.4) is 0 Å². The molecule has 1 aromatic heterocycles. The lowest BCUT2D eigenvalue weighted by Crippen LogP contribution is -2.34.